The summed E-state index contributed by atoms with van der Waals surface area (Å²) < 4.78 is 5.73. The Hall–Kier alpha value is -0.650. The van der Waals surface area contributed by atoms with Gasteiger partial charge in [-0.3, -0.25) is 4.79 Å². The van der Waals surface area contributed by atoms with E-state index in [2.05, 4.69) is 0 Å². The fraction of sp³-hybridized carbons (Fsp3) is 0.900. The predicted molar refractivity (Wildman–Crippen MR) is 54.2 cm³/mol. The van der Waals surface area contributed by atoms with Crippen LogP contribution in [0.1, 0.15) is 19.3 Å². The molecule has 0 radical (unpaired) electrons. The van der Waals surface area contributed by atoms with Gasteiger partial charge < -0.3 is 20.5 Å². The molecule has 3 N–H and O–H groups in total. The lowest BCUT2D eigenvalue weighted by Gasteiger charge is -2.36. The first-order valence-electron chi connectivity index (χ1n) is 5.45. The van der Waals surface area contributed by atoms with E-state index in [0.717, 1.165) is 6.42 Å². The van der Waals surface area contributed by atoms with Gasteiger partial charge in [-0.15, -0.1) is 0 Å². The third kappa shape index (κ3) is 2.14. The number of carbonyl (C=O) groups excluding carboxylic acids is 1. The van der Waals surface area contributed by atoms with Crippen LogP contribution in [0.15, 0.2) is 0 Å². The van der Waals surface area contributed by atoms with E-state index in [-0.39, 0.29) is 24.2 Å². The van der Waals surface area contributed by atoms with Gasteiger partial charge in [-0.05, 0) is 12.8 Å². The van der Waals surface area contributed by atoms with Crippen LogP contribution < -0.4 is 5.73 Å². The predicted octanol–water partition coefficient (Wildman–Crippen LogP) is -0.912. The van der Waals surface area contributed by atoms with Crippen LogP contribution in [0.25, 0.3) is 0 Å². The van der Waals surface area contributed by atoms with Crippen molar-refractivity contribution < 1.29 is 14.6 Å². The molecule has 0 saturated carbocycles. The summed E-state index contributed by atoms with van der Waals surface area (Å²) in [5.74, 6) is -0.0319. The maximum absolute atomic E-state index is 11.4. The van der Waals surface area contributed by atoms with Crippen molar-refractivity contribution in [2.75, 3.05) is 26.2 Å². The maximum atomic E-state index is 11.4. The zero-order chi connectivity index (χ0) is 10.9. The molecule has 2 atom stereocenters. The zero-order valence-electron chi connectivity index (χ0n) is 8.82. The summed E-state index contributed by atoms with van der Waals surface area (Å²) >= 11 is 0. The van der Waals surface area contributed by atoms with Crippen molar-refractivity contribution in [2.45, 2.75) is 31.0 Å². The molecule has 2 aliphatic rings. The second-order valence-electron chi connectivity index (χ2n) is 4.45. The molecule has 0 aliphatic carbocycles. The molecule has 0 unspecified atom stereocenters. The van der Waals surface area contributed by atoms with E-state index in [1.165, 1.54) is 0 Å². The molecule has 2 heterocycles. The summed E-state index contributed by atoms with van der Waals surface area (Å²) in [6.45, 7) is 1.92. The normalized spacial score (nSPS) is 36.1. The molecular formula is C10H18N2O3. The van der Waals surface area contributed by atoms with Crippen molar-refractivity contribution in [3.63, 3.8) is 0 Å². The Labute approximate surface area is 89.2 Å². The third-order valence-corrected chi connectivity index (χ3v) is 3.31. The number of aliphatic hydroxyl groups is 1. The SMILES string of the molecule is NCC(=O)N1CC[C@]2(C[C@@H](O)CCO2)C1. The van der Waals surface area contributed by atoms with E-state index in [0.29, 0.717) is 32.5 Å². The maximum Gasteiger partial charge on any atom is 0.236 e. The highest BCUT2D eigenvalue weighted by atomic mass is 16.5. The van der Waals surface area contributed by atoms with Crippen LogP contribution >= 0.6 is 0 Å². The van der Waals surface area contributed by atoms with Gasteiger partial charge in [0, 0.05) is 26.1 Å². The minimum Gasteiger partial charge on any atom is -0.393 e. The van der Waals surface area contributed by atoms with E-state index in [9.17, 15) is 9.90 Å². The Balaban J connectivity index is 1.98. The van der Waals surface area contributed by atoms with Crippen molar-refractivity contribution in [1.29, 1.82) is 0 Å². The summed E-state index contributed by atoms with van der Waals surface area (Å²) in [5.41, 5.74) is 5.01. The highest BCUT2D eigenvalue weighted by molar-refractivity contribution is 5.78. The molecule has 2 rings (SSSR count). The van der Waals surface area contributed by atoms with Gasteiger partial charge in [-0.2, -0.15) is 0 Å². The van der Waals surface area contributed by atoms with E-state index >= 15 is 0 Å². The number of amides is 1. The largest absolute Gasteiger partial charge is 0.393 e. The summed E-state index contributed by atoms with van der Waals surface area (Å²) in [5, 5.41) is 9.61. The first-order valence-corrected chi connectivity index (χ1v) is 5.45. The van der Waals surface area contributed by atoms with Gasteiger partial charge >= 0.3 is 0 Å². The lowest BCUT2D eigenvalue weighted by molar-refractivity contribution is -0.134. The minimum atomic E-state index is -0.303. The monoisotopic (exact) mass is 214 g/mol. The molecule has 2 saturated heterocycles. The number of aliphatic hydroxyl groups excluding tert-OH is 1. The van der Waals surface area contributed by atoms with Gasteiger partial charge in [0.1, 0.15) is 0 Å². The average molecular weight is 214 g/mol. The highest BCUT2D eigenvalue weighted by Crippen LogP contribution is 2.34. The Bertz CT molecular complexity index is 259. The van der Waals surface area contributed by atoms with Crippen LogP contribution in [0, 0.1) is 0 Å². The van der Waals surface area contributed by atoms with Crippen molar-refractivity contribution >= 4 is 5.91 Å². The van der Waals surface area contributed by atoms with Crippen LogP contribution in [0.4, 0.5) is 0 Å². The second-order valence-corrected chi connectivity index (χ2v) is 4.45. The van der Waals surface area contributed by atoms with Crippen molar-refractivity contribution in [3.8, 4) is 0 Å². The average Bonchev–Trinajstić information content (AvgIpc) is 2.60. The van der Waals surface area contributed by atoms with Crippen LogP contribution in [-0.2, 0) is 9.53 Å². The highest BCUT2D eigenvalue weighted by Gasteiger charge is 2.43. The van der Waals surface area contributed by atoms with Gasteiger partial charge in [-0.25, -0.2) is 0 Å². The number of nitrogens with two attached hydrogens (primary N) is 1. The van der Waals surface area contributed by atoms with Crippen LogP contribution in [-0.4, -0.2) is 53.9 Å². The fourth-order valence-electron chi connectivity index (χ4n) is 2.47. The molecule has 1 amide bonds. The Kier molecular flexibility index (Phi) is 2.95. The molecule has 5 nitrogen and oxygen atoms in total. The molecule has 0 aromatic rings. The second kappa shape index (κ2) is 4.08. The zero-order valence-corrected chi connectivity index (χ0v) is 8.82. The van der Waals surface area contributed by atoms with Crippen molar-refractivity contribution in [3.05, 3.63) is 0 Å². The molecule has 15 heavy (non-hydrogen) atoms. The molecular weight excluding hydrogens is 196 g/mol. The number of hydrogen-bond donors (Lipinski definition) is 2. The Morgan fingerprint density at radius 2 is 2.47 bits per heavy atom. The first kappa shape index (κ1) is 10.9. The number of ether oxygens (including phenoxy) is 1. The van der Waals surface area contributed by atoms with E-state index < -0.39 is 0 Å². The lowest BCUT2D eigenvalue weighted by atomic mass is 9.91. The third-order valence-electron chi connectivity index (χ3n) is 3.31. The number of likely N-dealkylation sites (tertiary alicyclic amines) is 1. The number of nitrogens with zero attached hydrogens (tertiary/aromatic N) is 1. The van der Waals surface area contributed by atoms with Crippen molar-refractivity contribution in [1.82, 2.24) is 4.90 Å². The van der Waals surface area contributed by atoms with Gasteiger partial charge in [0.05, 0.1) is 18.2 Å². The van der Waals surface area contributed by atoms with Gasteiger partial charge in [0.2, 0.25) is 5.91 Å². The standard InChI is InChI=1S/C10H18N2O3/c11-6-9(14)12-3-2-10(7-12)5-8(13)1-4-15-10/h8,13H,1-7,11H2/t8-,10-/m0/s1. The molecule has 5 heteroatoms. The Morgan fingerprint density at radius 3 is 3.13 bits per heavy atom. The Morgan fingerprint density at radius 1 is 1.67 bits per heavy atom. The molecule has 1 spiro atoms. The summed E-state index contributed by atoms with van der Waals surface area (Å²) in [7, 11) is 0. The van der Waals surface area contributed by atoms with E-state index in [4.69, 9.17) is 10.5 Å². The minimum absolute atomic E-state index is 0.0319. The van der Waals surface area contributed by atoms with Crippen LogP contribution in [0.2, 0.25) is 0 Å². The number of rotatable bonds is 1. The van der Waals surface area contributed by atoms with Gasteiger partial charge in [0.15, 0.2) is 0 Å². The topological polar surface area (TPSA) is 75.8 Å². The molecule has 86 valence electrons. The van der Waals surface area contributed by atoms with Crippen LogP contribution in [0.5, 0.6) is 0 Å². The summed E-state index contributed by atoms with van der Waals surface area (Å²) in [6.07, 6.45) is 1.87. The molecule has 0 bridgehead atoms. The summed E-state index contributed by atoms with van der Waals surface area (Å²) in [6, 6.07) is 0. The number of hydrogen-bond acceptors (Lipinski definition) is 4. The fourth-order valence-corrected chi connectivity index (χ4v) is 2.47. The molecule has 2 fully saturated rings. The molecule has 0 aromatic heterocycles. The smallest absolute Gasteiger partial charge is 0.236 e. The quantitative estimate of drug-likeness (QED) is 0.592. The molecule has 0 aromatic carbocycles. The van der Waals surface area contributed by atoms with Gasteiger partial charge in [-0.1, -0.05) is 0 Å². The molecule has 2 aliphatic heterocycles. The van der Waals surface area contributed by atoms with Gasteiger partial charge in [0.25, 0.3) is 0 Å². The van der Waals surface area contributed by atoms with E-state index in [1.54, 1.807) is 4.90 Å². The van der Waals surface area contributed by atoms with Crippen molar-refractivity contribution in [2.24, 2.45) is 5.73 Å². The number of carbonyl (C=O) groups is 1. The summed E-state index contributed by atoms with van der Waals surface area (Å²) in [4.78, 5) is 13.1. The van der Waals surface area contributed by atoms with E-state index in [1.807, 2.05) is 0 Å². The lowest BCUT2D eigenvalue weighted by Crippen LogP contribution is -2.45. The van der Waals surface area contributed by atoms with Crippen LogP contribution in [0.3, 0.4) is 0 Å². The first-order chi connectivity index (χ1) is 7.15.